The number of rotatable bonds is 4. The quantitative estimate of drug-likeness (QED) is 0.520. The van der Waals surface area contributed by atoms with Crippen LogP contribution in [0.5, 0.6) is 0 Å². The van der Waals surface area contributed by atoms with Crippen LogP contribution in [0.4, 0.5) is 0 Å². The average molecular weight is 125 g/mol. The van der Waals surface area contributed by atoms with Crippen LogP contribution in [0.3, 0.4) is 0 Å². The Morgan fingerprint density at radius 1 is 1.78 bits per heavy atom. The number of nitrogens with zero attached hydrogens (tertiary/aromatic N) is 1. The van der Waals surface area contributed by atoms with Gasteiger partial charge in [-0.05, 0) is 5.57 Å². The molecule has 9 heavy (non-hydrogen) atoms. The zero-order chi connectivity index (χ0) is 7.11. The molecule has 0 radical (unpaired) electrons. The predicted molar refractivity (Wildman–Crippen MR) is 39.7 cm³/mol. The summed E-state index contributed by atoms with van der Waals surface area (Å²) in [6, 6.07) is 0. The Morgan fingerprint density at radius 3 is 2.89 bits per heavy atom. The van der Waals surface area contributed by atoms with Crippen LogP contribution >= 0.6 is 0 Å². The summed E-state index contributed by atoms with van der Waals surface area (Å²) in [5, 5.41) is 0. The standard InChI is InChI=1S/C7H11NO/c1-4-8-5-7(2)6-9-3/h4-5H,1-2,6H2,3H3. The number of ether oxygens (including phenoxy) is 1. The van der Waals surface area contributed by atoms with Gasteiger partial charge in [-0.15, -0.1) is 0 Å². The molecule has 0 heterocycles. The van der Waals surface area contributed by atoms with Crippen LogP contribution in [-0.2, 0) is 4.74 Å². The first-order chi connectivity index (χ1) is 4.31. The lowest BCUT2D eigenvalue weighted by molar-refractivity contribution is 0.230. The highest BCUT2D eigenvalue weighted by molar-refractivity contribution is 5.78. The second kappa shape index (κ2) is 5.25. The van der Waals surface area contributed by atoms with Gasteiger partial charge >= 0.3 is 0 Å². The van der Waals surface area contributed by atoms with Crippen molar-refractivity contribution < 1.29 is 4.74 Å². The Morgan fingerprint density at radius 2 is 2.44 bits per heavy atom. The zero-order valence-electron chi connectivity index (χ0n) is 5.63. The van der Waals surface area contributed by atoms with Crippen molar-refractivity contribution in [2.45, 2.75) is 0 Å². The van der Waals surface area contributed by atoms with Crippen molar-refractivity contribution in [2.24, 2.45) is 4.99 Å². The first kappa shape index (κ1) is 8.11. The van der Waals surface area contributed by atoms with Gasteiger partial charge in [0.25, 0.3) is 0 Å². The molecular weight excluding hydrogens is 114 g/mol. The average Bonchev–Trinajstić information content (AvgIpc) is 1.85. The van der Waals surface area contributed by atoms with E-state index in [1.54, 1.807) is 13.3 Å². The molecule has 50 valence electrons. The second-order valence-corrected chi connectivity index (χ2v) is 1.55. The molecule has 0 amide bonds. The van der Waals surface area contributed by atoms with Crippen LogP contribution in [0.1, 0.15) is 0 Å². The molecule has 0 aliphatic heterocycles. The summed E-state index contributed by atoms with van der Waals surface area (Å²) >= 11 is 0. The van der Waals surface area contributed by atoms with Crippen molar-refractivity contribution in [3.8, 4) is 0 Å². The third kappa shape index (κ3) is 4.97. The second-order valence-electron chi connectivity index (χ2n) is 1.55. The summed E-state index contributed by atoms with van der Waals surface area (Å²) in [5.74, 6) is 0. The molecule has 0 aromatic rings. The summed E-state index contributed by atoms with van der Waals surface area (Å²) in [4.78, 5) is 3.75. The molecule has 2 heteroatoms. The summed E-state index contributed by atoms with van der Waals surface area (Å²) in [6.45, 7) is 7.60. The van der Waals surface area contributed by atoms with Crippen molar-refractivity contribution in [2.75, 3.05) is 13.7 Å². The Hall–Kier alpha value is -0.890. The molecule has 0 aliphatic rings. The third-order valence-electron chi connectivity index (χ3n) is 0.692. The molecule has 0 saturated heterocycles. The maximum atomic E-state index is 4.78. The molecule has 0 aromatic carbocycles. The highest BCUT2D eigenvalue weighted by atomic mass is 16.5. The molecule has 0 spiro atoms. The van der Waals surface area contributed by atoms with E-state index in [0.29, 0.717) is 6.61 Å². The van der Waals surface area contributed by atoms with Crippen molar-refractivity contribution in [3.05, 3.63) is 24.9 Å². The summed E-state index contributed by atoms with van der Waals surface area (Å²) < 4.78 is 4.78. The lowest BCUT2D eigenvalue weighted by Crippen LogP contribution is -1.92. The van der Waals surface area contributed by atoms with Gasteiger partial charge in [-0.1, -0.05) is 13.2 Å². The molecule has 0 unspecified atom stereocenters. The maximum Gasteiger partial charge on any atom is 0.0722 e. The minimum atomic E-state index is 0.525. The van der Waals surface area contributed by atoms with Gasteiger partial charge in [-0.2, -0.15) is 0 Å². The molecule has 0 fully saturated rings. The van der Waals surface area contributed by atoms with Gasteiger partial charge in [0.1, 0.15) is 0 Å². The fraction of sp³-hybridized carbons (Fsp3) is 0.286. The van der Waals surface area contributed by atoms with Gasteiger partial charge in [0.15, 0.2) is 0 Å². The van der Waals surface area contributed by atoms with Crippen molar-refractivity contribution >= 4 is 6.21 Å². The Bertz CT molecular complexity index is 127. The molecule has 0 bridgehead atoms. The number of hydrogen-bond acceptors (Lipinski definition) is 2. The molecule has 0 rings (SSSR count). The van der Waals surface area contributed by atoms with Crippen molar-refractivity contribution in [3.63, 3.8) is 0 Å². The first-order valence-corrected chi connectivity index (χ1v) is 2.62. The molecule has 0 saturated carbocycles. The lowest BCUT2D eigenvalue weighted by atomic mass is 10.4. The zero-order valence-corrected chi connectivity index (χ0v) is 5.63. The molecule has 0 aromatic heterocycles. The van der Waals surface area contributed by atoms with Crippen LogP contribution < -0.4 is 0 Å². The maximum absolute atomic E-state index is 4.78. The highest BCUT2D eigenvalue weighted by Gasteiger charge is 1.82. The van der Waals surface area contributed by atoms with E-state index in [4.69, 9.17) is 4.74 Å². The largest absolute Gasteiger partial charge is 0.380 e. The minimum Gasteiger partial charge on any atom is -0.380 e. The van der Waals surface area contributed by atoms with Crippen LogP contribution in [0.15, 0.2) is 29.9 Å². The van der Waals surface area contributed by atoms with Crippen LogP contribution in [-0.4, -0.2) is 19.9 Å². The van der Waals surface area contributed by atoms with Gasteiger partial charge < -0.3 is 4.74 Å². The fourth-order valence-corrected chi connectivity index (χ4v) is 0.381. The van der Waals surface area contributed by atoms with Gasteiger partial charge in [0.2, 0.25) is 0 Å². The molecule has 0 aliphatic carbocycles. The summed E-state index contributed by atoms with van der Waals surface area (Å²) in [6.07, 6.45) is 3.08. The molecule has 0 atom stereocenters. The van der Waals surface area contributed by atoms with E-state index in [9.17, 15) is 0 Å². The summed E-state index contributed by atoms with van der Waals surface area (Å²) in [7, 11) is 1.62. The highest BCUT2D eigenvalue weighted by Crippen LogP contribution is 1.84. The topological polar surface area (TPSA) is 21.6 Å². The normalized spacial score (nSPS) is 9.89. The minimum absolute atomic E-state index is 0.525. The van der Waals surface area contributed by atoms with Crippen LogP contribution in [0.25, 0.3) is 0 Å². The Labute approximate surface area is 55.6 Å². The number of hydrogen-bond donors (Lipinski definition) is 0. The van der Waals surface area contributed by atoms with E-state index in [-0.39, 0.29) is 0 Å². The number of methoxy groups -OCH3 is 1. The van der Waals surface area contributed by atoms with Gasteiger partial charge in [0, 0.05) is 19.5 Å². The van der Waals surface area contributed by atoms with E-state index in [1.807, 2.05) is 0 Å². The Balaban J connectivity index is 3.49. The molecule has 2 nitrogen and oxygen atoms in total. The predicted octanol–water partition coefficient (Wildman–Crippen LogP) is 1.40. The number of aliphatic imine (C=N–C) groups is 1. The monoisotopic (exact) mass is 125 g/mol. The summed E-state index contributed by atoms with van der Waals surface area (Å²) in [5.41, 5.74) is 0.845. The van der Waals surface area contributed by atoms with E-state index in [0.717, 1.165) is 5.57 Å². The lowest BCUT2D eigenvalue weighted by Gasteiger charge is -1.92. The SMILES string of the molecule is C=CN=CC(=C)COC. The third-order valence-corrected chi connectivity index (χ3v) is 0.692. The van der Waals surface area contributed by atoms with Crippen LogP contribution in [0.2, 0.25) is 0 Å². The van der Waals surface area contributed by atoms with Gasteiger partial charge in [-0.25, -0.2) is 0 Å². The van der Waals surface area contributed by atoms with E-state index >= 15 is 0 Å². The van der Waals surface area contributed by atoms with E-state index in [2.05, 4.69) is 18.2 Å². The fourth-order valence-electron chi connectivity index (χ4n) is 0.381. The van der Waals surface area contributed by atoms with Gasteiger partial charge in [-0.3, -0.25) is 4.99 Å². The Kier molecular flexibility index (Phi) is 4.73. The van der Waals surface area contributed by atoms with Crippen molar-refractivity contribution in [1.82, 2.24) is 0 Å². The van der Waals surface area contributed by atoms with E-state index < -0.39 is 0 Å². The van der Waals surface area contributed by atoms with Gasteiger partial charge in [0.05, 0.1) is 6.61 Å². The molecule has 0 N–H and O–H groups in total. The van der Waals surface area contributed by atoms with Crippen LogP contribution in [0, 0.1) is 0 Å². The first-order valence-electron chi connectivity index (χ1n) is 2.62. The smallest absolute Gasteiger partial charge is 0.0722 e. The van der Waals surface area contributed by atoms with E-state index in [1.165, 1.54) is 6.20 Å². The molecular formula is C7H11NO. The van der Waals surface area contributed by atoms with Crippen molar-refractivity contribution in [1.29, 1.82) is 0 Å².